The highest BCUT2D eigenvalue weighted by atomic mass is 35.5. The van der Waals surface area contributed by atoms with Crippen LogP contribution < -0.4 is 5.32 Å². The first-order chi connectivity index (χ1) is 13.6. The van der Waals surface area contributed by atoms with Crippen molar-refractivity contribution < 1.29 is 19.1 Å². The second-order valence-corrected chi connectivity index (χ2v) is 8.04. The number of allylic oxidation sites excluding steroid dienone is 1. The fourth-order valence-corrected chi connectivity index (χ4v) is 3.39. The Morgan fingerprint density at radius 3 is 2.41 bits per heavy atom. The Kier molecular flexibility index (Phi) is 7.85. The van der Waals surface area contributed by atoms with Gasteiger partial charge in [0.1, 0.15) is 6.54 Å². The highest BCUT2D eigenvalue weighted by Gasteiger charge is 2.37. The van der Waals surface area contributed by atoms with E-state index in [1.165, 1.54) is 4.90 Å². The van der Waals surface area contributed by atoms with Gasteiger partial charge in [-0.25, -0.2) is 4.79 Å². The predicted octanol–water partition coefficient (Wildman–Crippen LogP) is 3.65. The lowest BCUT2D eigenvalue weighted by atomic mass is 9.83. The predicted molar refractivity (Wildman–Crippen MR) is 112 cm³/mol. The van der Waals surface area contributed by atoms with Gasteiger partial charge in [0.15, 0.2) is 0 Å². The number of ether oxygens (including phenoxy) is 1. The summed E-state index contributed by atoms with van der Waals surface area (Å²) in [5.74, 6) is -1.10. The van der Waals surface area contributed by atoms with Crippen molar-refractivity contribution in [3.8, 4) is 0 Å². The van der Waals surface area contributed by atoms with E-state index >= 15 is 0 Å². The maximum atomic E-state index is 12.9. The summed E-state index contributed by atoms with van der Waals surface area (Å²) in [7, 11) is 0. The minimum absolute atomic E-state index is 0.0157. The Labute approximate surface area is 177 Å². The number of nitrogens with one attached hydrogen (secondary N) is 1. The molecule has 2 rings (SSSR count). The van der Waals surface area contributed by atoms with Gasteiger partial charge in [-0.2, -0.15) is 0 Å². The van der Waals surface area contributed by atoms with Gasteiger partial charge in [-0.05, 0) is 44.4 Å². The van der Waals surface area contributed by atoms with Crippen molar-refractivity contribution in [3.63, 3.8) is 0 Å². The molecule has 0 aromatic heterocycles. The molecule has 1 heterocycles. The number of rotatable bonds is 7. The number of hydrogen-bond donors (Lipinski definition) is 1. The van der Waals surface area contributed by atoms with Gasteiger partial charge in [-0.1, -0.05) is 37.6 Å². The van der Waals surface area contributed by atoms with Crippen molar-refractivity contribution >= 4 is 29.4 Å². The average Bonchev–Trinajstić information content (AvgIpc) is 2.65. The van der Waals surface area contributed by atoms with Crippen LogP contribution in [0.3, 0.4) is 0 Å². The van der Waals surface area contributed by atoms with Gasteiger partial charge >= 0.3 is 5.97 Å². The van der Waals surface area contributed by atoms with Gasteiger partial charge in [0.05, 0.1) is 12.2 Å². The largest absolute Gasteiger partial charge is 0.463 e. The molecule has 1 aliphatic heterocycles. The molecule has 0 fully saturated rings. The topological polar surface area (TPSA) is 75.7 Å². The van der Waals surface area contributed by atoms with Crippen LogP contribution in [-0.4, -0.2) is 41.9 Å². The lowest BCUT2D eigenvalue weighted by Crippen LogP contribution is -2.46. The zero-order valence-electron chi connectivity index (χ0n) is 17.6. The lowest BCUT2D eigenvalue weighted by Gasteiger charge is -2.34. The van der Waals surface area contributed by atoms with Gasteiger partial charge in [0, 0.05) is 29.1 Å². The van der Waals surface area contributed by atoms with E-state index in [0.717, 1.165) is 5.56 Å². The third-order valence-electron chi connectivity index (χ3n) is 5.28. The Morgan fingerprint density at radius 2 is 1.86 bits per heavy atom. The molecular weight excluding hydrogens is 392 g/mol. The normalized spacial score (nSPS) is 18.1. The average molecular weight is 421 g/mol. The summed E-state index contributed by atoms with van der Waals surface area (Å²) in [6.07, 6.45) is 0.0835. The van der Waals surface area contributed by atoms with Crippen LogP contribution in [0.5, 0.6) is 0 Å². The first-order valence-electron chi connectivity index (χ1n) is 9.88. The summed E-state index contributed by atoms with van der Waals surface area (Å²) < 4.78 is 5.25. The maximum Gasteiger partial charge on any atom is 0.336 e. The molecule has 2 amide bonds. The van der Waals surface area contributed by atoms with E-state index in [4.69, 9.17) is 16.3 Å². The van der Waals surface area contributed by atoms with Crippen LogP contribution in [0, 0.1) is 5.92 Å². The summed E-state index contributed by atoms with van der Waals surface area (Å²) in [5, 5.41) is 3.48. The summed E-state index contributed by atoms with van der Waals surface area (Å²) in [6, 6.07) is 7.05. The van der Waals surface area contributed by atoms with E-state index in [0.29, 0.717) is 16.3 Å². The number of benzene rings is 1. The molecule has 7 heteroatoms. The Bertz CT molecular complexity index is 802. The van der Waals surface area contributed by atoms with Crippen LogP contribution in [0.2, 0.25) is 5.02 Å². The molecule has 0 saturated heterocycles. The van der Waals surface area contributed by atoms with Crippen LogP contribution in [0.1, 0.15) is 52.5 Å². The molecule has 6 nitrogen and oxygen atoms in total. The fourth-order valence-electron chi connectivity index (χ4n) is 3.27. The van der Waals surface area contributed by atoms with E-state index in [-0.39, 0.29) is 43.3 Å². The molecule has 1 aliphatic rings. The molecule has 0 unspecified atom stereocenters. The molecule has 0 spiro atoms. The van der Waals surface area contributed by atoms with Gasteiger partial charge in [-0.15, -0.1) is 0 Å². The molecule has 1 N–H and O–H groups in total. The van der Waals surface area contributed by atoms with Gasteiger partial charge in [0.2, 0.25) is 11.8 Å². The third kappa shape index (κ3) is 5.60. The zero-order valence-corrected chi connectivity index (χ0v) is 18.4. The number of esters is 1. The summed E-state index contributed by atoms with van der Waals surface area (Å²) in [6.45, 7) is 9.46. The van der Waals surface area contributed by atoms with Crippen molar-refractivity contribution in [2.45, 2.75) is 53.0 Å². The highest BCUT2D eigenvalue weighted by molar-refractivity contribution is 6.30. The highest BCUT2D eigenvalue weighted by Crippen LogP contribution is 2.37. The van der Waals surface area contributed by atoms with E-state index < -0.39 is 11.9 Å². The molecule has 1 aromatic carbocycles. The van der Waals surface area contributed by atoms with Crippen LogP contribution in [-0.2, 0) is 19.1 Å². The minimum atomic E-state index is -0.474. The molecule has 0 radical (unpaired) electrons. The van der Waals surface area contributed by atoms with Crippen molar-refractivity contribution in [2.75, 3.05) is 13.2 Å². The standard InChI is InChI=1S/C22H29ClN2O4/c1-6-29-22(28)21-15(5)25(12-19(26)24-14(4)13(2)3)20(27)11-18(21)16-7-9-17(23)10-8-16/h7-10,13-14,18H,6,11-12H2,1-5H3,(H,24,26)/t14-,18-/m0/s1. The third-order valence-corrected chi connectivity index (χ3v) is 5.53. The van der Waals surface area contributed by atoms with Crippen LogP contribution in [0.25, 0.3) is 0 Å². The van der Waals surface area contributed by atoms with E-state index in [1.54, 1.807) is 38.1 Å². The molecule has 29 heavy (non-hydrogen) atoms. The van der Waals surface area contributed by atoms with E-state index in [9.17, 15) is 14.4 Å². The van der Waals surface area contributed by atoms with Crippen molar-refractivity contribution in [1.82, 2.24) is 10.2 Å². The van der Waals surface area contributed by atoms with Crippen molar-refractivity contribution in [3.05, 3.63) is 46.1 Å². The first-order valence-corrected chi connectivity index (χ1v) is 10.3. The van der Waals surface area contributed by atoms with E-state index in [1.807, 2.05) is 20.8 Å². The Morgan fingerprint density at radius 1 is 1.24 bits per heavy atom. The summed E-state index contributed by atoms with van der Waals surface area (Å²) in [5.41, 5.74) is 1.66. The molecule has 0 saturated carbocycles. The van der Waals surface area contributed by atoms with Gasteiger partial charge in [0.25, 0.3) is 0 Å². The Balaban J connectivity index is 2.37. The molecule has 0 aliphatic carbocycles. The first kappa shape index (κ1) is 22.9. The Hall–Kier alpha value is -2.34. The van der Waals surface area contributed by atoms with Crippen LogP contribution in [0.15, 0.2) is 35.5 Å². The monoisotopic (exact) mass is 420 g/mol. The maximum absolute atomic E-state index is 12.9. The summed E-state index contributed by atoms with van der Waals surface area (Å²) >= 11 is 5.98. The minimum Gasteiger partial charge on any atom is -0.463 e. The van der Waals surface area contributed by atoms with Crippen molar-refractivity contribution in [2.24, 2.45) is 5.92 Å². The quantitative estimate of drug-likeness (QED) is 0.683. The number of amides is 2. The second kappa shape index (κ2) is 9.92. The lowest BCUT2D eigenvalue weighted by molar-refractivity contribution is -0.141. The second-order valence-electron chi connectivity index (χ2n) is 7.61. The SMILES string of the molecule is CCOC(=O)C1=C(C)N(CC(=O)N[C@@H](C)C(C)C)C(=O)C[C@H]1c1ccc(Cl)cc1. The fraction of sp³-hybridized carbons (Fsp3) is 0.500. The number of nitrogens with zero attached hydrogens (tertiary/aromatic N) is 1. The van der Waals surface area contributed by atoms with E-state index in [2.05, 4.69) is 5.32 Å². The molecule has 0 bridgehead atoms. The van der Waals surface area contributed by atoms with Gasteiger partial charge in [-0.3, -0.25) is 9.59 Å². The zero-order chi connectivity index (χ0) is 21.7. The van der Waals surface area contributed by atoms with Gasteiger partial charge < -0.3 is 15.0 Å². The smallest absolute Gasteiger partial charge is 0.336 e. The molecule has 1 aromatic rings. The number of halogens is 1. The van der Waals surface area contributed by atoms with Crippen LogP contribution >= 0.6 is 11.6 Å². The molecular formula is C22H29ClN2O4. The van der Waals surface area contributed by atoms with Crippen LogP contribution in [0.4, 0.5) is 0 Å². The number of hydrogen-bond acceptors (Lipinski definition) is 4. The molecule has 2 atom stereocenters. The van der Waals surface area contributed by atoms with Crippen molar-refractivity contribution in [1.29, 1.82) is 0 Å². The number of carbonyl (C=O) groups is 3. The number of carbonyl (C=O) groups excluding carboxylic acids is 3. The summed E-state index contributed by atoms with van der Waals surface area (Å²) in [4.78, 5) is 39.4. The molecule has 158 valence electrons.